The maximum absolute atomic E-state index is 12.5. The number of carbonyl (C=O) groups is 2. The van der Waals surface area contributed by atoms with E-state index in [1.807, 2.05) is 29.2 Å². The Bertz CT molecular complexity index is 591. The SMILES string of the molecule is COCc1cccc(CNC(=O)N[C@H](C)C(=O)N2CCCC[C@H]2C)c1. The highest BCUT2D eigenvalue weighted by molar-refractivity contribution is 5.87. The van der Waals surface area contributed by atoms with Gasteiger partial charge in [0.2, 0.25) is 5.91 Å². The van der Waals surface area contributed by atoms with E-state index in [0.29, 0.717) is 13.2 Å². The Labute approximate surface area is 149 Å². The van der Waals surface area contributed by atoms with Crippen LogP contribution in [0, 0.1) is 0 Å². The lowest BCUT2D eigenvalue weighted by Crippen LogP contribution is -2.53. The molecule has 1 aromatic carbocycles. The van der Waals surface area contributed by atoms with Crippen molar-refractivity contribution in [1.82, 2.24) is 15.5 Å². The molecular weight excluding hydrogens is 318 g/mol. The molecule has 2 rings (SSSR count). The molecule has 0 spiro atoms. The van der Waals surface area contributed by atoms with E-state index >= 15 is 0 Å². The number of benzene rings is 1. The van der Waals surface area contributed by atoms with Gasteiger partial charge in [-0.1, -0.05) is 24.3 Å². The van der Waals surface area contributed by atoms with E-state index in [0.717, 1.165) is 36.9 Å². The zero-order chi connectivity index (χ0) is 18.2. The molecule has 0 aliphatic carbocycles. The molecule has 0 unspecified atom stereocenters. The minimum Gasteiger partial charge on any atom is -0.380 e. The molecule has 1 aromatic rings. The molecule has 1 aliphatic rings. The molecular formula is C19H29N3O3. The van der Waals surface area contributed by atoms with Crippen LogP contribution in [0.3, 0.4) is 0 Å². The topological polar surface area (TPSA) is 70.7 Å². The maximum atomic E-state index is 12.5. The van der Waals surface area contributed by atoms with Crippen molar-refractivity contribution in [1.29, 1.82) is 0 Å². The number of amides is 3. The molecule has 0 bridgehead atoms. The molecule has 1 fully saturated rings. The molecule has 6 nitrogen and oxygen atoms in total. The van der Waals surface area contributed by atoms with E-state index in [-0.39, 0.29) is 18.0 Å². The number of urea groups is 1. The average molecular weight is 347 g/mol. The highest BCUT2D eigenvalue weighted by atomic mass is 16.5. The molecule has 0 saturated carbocycles. The van der Waals surface area contributed by atoms with Crippen LogP contribution in [0.2, 0.25) is 0 Å². The molecule has 3 amide bonds. The van der Waals surface area contributed by atoms with E-state index in [1.165, 1.54) is 0 Å². The number of ether oxygens (including phenoxy) is 1. The van der Waals surface area contributed by atoms with E-state index in [2.05, 4.69) is 17.6 Å². The van der Waals surface area contributed by atoms with Crippen LogP contribution in [0.4, 0.5) is 4.79 Å². The molecule has 2 N–H and O–H groups in total. The van der Waals surface area contributed by atoms with Gasteiger partial charge in [-0.15, -0.1) is 0 Å². The quantitative estimate of drug-likeness (QED) is 0.830. The van der Waals surface area contributed by atoms with E-state index in [1.54, 1.807) is 14.0 Å². The molecule has 1 aliphatic heterocycles. The second-order valence-corrected chi connectivity index (χ2v) is 6.68. The fourth-order valence-electron chi connectivity index (χ4n) is 3.16. The van der Waals surface area contributed by atoms with Crippen molar-refractivity contribution < 1.29 is 14.3 Å². The second kappa shape index (κ2) is 9.42. The third-order valence-electron chi connectivity index (χ3n) is 4.56. The van der Waals surface area contributed by atoms with Crippen LogP contribution in [-0.4, -0.2) is 42.6 Å². The van der Waals surface area contributed by atoms with Gasteiger partial charge in [-0.25, -0.2) is 4.79 Å². The summed E-state index contributed by atoms with van der Waals surface area (Å²) in [5.74, 6) is -0.00978. The summed E-state index contributed by atoms with van der Waals surface area (Å²) >= 11 is 0. The van der Waals surface area contributed by atoms with Gasteiger partial charge in [0.1, 0.15) is 6.04 Å². The van der Waals surface area contributed by atoms with Crippen LogP contribution in [-0.2, 0) is 22.7 Å². The molecule has 0 radical (unpaired) electrons. The van der Waals surface area contributed by atoms with Crippen molar-refractivity contribution in [2.24, 2.45) is 0 Å². The number of methoxy groups -OCH3 is 1. The highest BCUT2D eigenvalue weighted by Crippen LogP contribution is 2.17. The minimum absolute atomic E-state index is 0.00978. The minimum atomic E-state index is -0.527. The Morgan fingerprint density at radius 2 is 2.08 bits per heavy atom. The second-order valence-electron chi connectivity index (χ2n) is 6.68. The summed E-state index contributed by atoms with van der Waals surface area (Å²) in [7, 11) is 1.65. The van der Waals surface area contributed by atoms with Gasteiger partial charge in [-0.3, -0.25) is 4.79 Å². The molecule has 6 heteroatoms. The fourth-order valence-corrected chi connectivity index (χ4v) is 3.16. The van der Waals surface area contributed by atoms with Gasteiger partial charge in [0.25, 0.3) is 0 Å². The number of carbonyl (C=O) groups excluding carboxylic acids is 2. The Morgan fingerprint density at radius 3 is 2.80 bits per heavy atom. The molecule has 0 aromatic heterocycles. The number of piperidine rings is 1. The zero-order valence-electron chi connectivity index (χ0n) is 15.4. The van der Waals surface area contributed by atoms with Gasteiger partial charge < -0.3 is 20.3 Å². The first-order valence-corrected chi connectivity index (χ1v) is 8.93. The third kappa shape index (κ3) is 5.74. The molecule has 138 valence electrons. The number of likely N-dealkylation sites (tertiary alicyclic amines) is 1. The van der Waals surface area contributed by atoms with Gasteiger partial charge in [0.15, 0.2) is 0 Å². The van der Waals surface area contributed by atoms with Crippen LogP contribution in [0.25, 0.3) is 0 Å². The number of hydrogen-bond acceptors (Lipinski definition) is 3. The number of nitrogens with one attached hydrogen (secondary N) is 2. The van der Waals surface area contributed by atoms with E-state index in [9.17, 15) is 9.59 Å². The Hall–Kier alpha value is -2.08. The van der Waals surface area contributed by atoms with Crippen molar-refractivity contribution in [3.05, 3.63) is 35.4 Å². The lowest BCUT2D eigenvalue weighted by atomic mass is 10.0. The van der Waals surface area contributed by atoms with Crippen LogP contribution in [0.15, 0.2) is 24.3 Å². The van der Waals surface area contributed by atoms with Crippen molar-refractivity contribution in [2.45, 2.75) is 58.3 Å². The van der Waals surface area contributed by atoms with Crippen molar-refractivity contribution in [2.75, 3.05) is 13.7 Å². The zero-order valence-corrected chi connectivity index (χ0v) is 15.4. The lowest BCUT2D eigenvalue weighted by Gasteiger charge is -2.35. The van der Waals surface area contributed by atoms with Crippen LogP contribution in [0.1, 0.15) is 44.2 Å². The van der Waals surface area contributed by atoms with Crippen molar-refractivity contribution >= 4 is 11.9 Å². The molecule has 1 heterocycles. The van der Waals surface area contributed by atoms with Gasteiger partial charge in [0, 0.05) is 26.2 Å². The monoisotopic (exact) mass is 347 g/mol. The predicted molar refractivity (Wildman–Crippen MR) is 97.0 cm³/mol. The summed E-state index contributed by atoms with van der Waals surface area (Å²) in [5.41, 5.74) is 2.05. The summed E-state index contributed by atoms with van der Waals surface area (Å²) < 4.78 is 5.11. The largest absolute Gasteiger partial charge is 0.380 e. The maximum Gasteiger partial charge on any atom is 0.315 e. The highest BCUT2D eigenvalue weighted by Gasteiger charge is 2.27. The van der Waals surface area contributed by atoms with Gasteiger partial charge in [0.05, 0.1) is 6.61 Å². The van der Waals surface area contributed by atoms with Crippen molar-refractivity contribution in [3.8, 4) is 0 Å². The normalized spacial score (nSPS) is 18.5. The van der Waals surface area contributed by atoms with E-state index < -0.39 is 6.04 Å². The van der Waals surface area contributed by atoms with Crippen LogP contribution in [0.5, 0.6) is 0 Å². The number of nitrogens with zero attached hydrogens (tertiary/aromatic N) is 1. The standard InChI is InChI=1S/C19H29N3O3/c1-14-7-4-5-10-22(14)18(23)15(2)21-19(24)20-12-16-8-6-9-17(11-16)13-25-3/h6,8-9,11,14-15H,4-5,7,10,12-13H2,1-3H3,(H2,20,21,24)/t14-,15-/m1/s1. The summed E-state index contributed by atoms with van der Waals surface area (Å²) in [6.45, 7) is 5.53. The van der Waals surface area contributed by atoms with Crippen LogP contribution >= 0.6 is 0 Å². The number of hydrogen-bond donors (Lipinski definition) is 2. The predicted octanol–water partition coefficient (Wildman–Crippen LogP) is 2.42. The summed E-state index contributed by atoms with van der Waals surface area (Å²) in [5, 5.41) is 5.55. The first-order chi connectivity index (χ1) is 12.0. The Morgan fingerprint density at radius 1 is 1.32 bits per heavy atom. The smallest absolute Gasteiger partial charge is 0.315 e. The van der Waals surface area contributed by atoms with Crippen molar-refractivity contribution in [3.63, 3.8) is 0 Å². The first-order valence-electron chi connectivity index (χ1n) is 8.93. The van der Waals surface area contributed by atoms with Crippen LogP contribution < -0.4 is 10.6 Å². The molecule has 25 heavy (non-hydrogen) atoms. The summed E-state index contributed by atoms with van der Waals surface area (Å²) in [6, 6.07) is 7.25. The van der Waals surface area contributed by atoms with Gasteiger partial charge in [-0.2, -0.15) is 0 Å². The Balaban J connectivity index is 1.81. The third-order valence-corrected chi connectivity index (χ3v) is 4.56. The van der Waals surface area contributed by atoms with E-state index in [4.69, 9.17) is 4.74 Å². The average Bonchev–Trinajstić information content (AvgIpc) is 2.60. The lowest BCUT2D eigenvalue weighted by molar-refractivity contribution is -0.136. The summed E-state index contributed by atoms with van der Waals surface area (Å²) in [6.07, 6.45) is 3.23. The Kier molecular flexibility index (Phi) is 7.25. The van der Waals surface area contributed by atoms with Gasteiger partial charge >= 0.3 is 6.03 Å². The molecule has 1 saturated heterocycles. The van der Waals surface area contributed by atoms with Gasteiger partial charge in [-0.05, 0) is 44.2 Å². The first kappa shape index (κ1) is 19.2. The summed E-state index contributed by atoms with van der Waals surface area (Å²) in [4.78, 5) is 26.5. The fraction of sp³-hybridized carbons (Fsp3) is 0.579. The molecule has 2 atom stereocenters. The number of rotatable bonds is 6.